The largest absolute Gasteiger partial charge is 0.493 e. The summed E-state index contributed by atoms with van der Waals surface area (Å²) in [4.78, 5) is 11.2. The first-order valence-electron chi connectivity index (χ1n) is 12.1. The minimum atomic E-state index is -1.26. The number of aliphatic carboxylic acids is 1. The average Bonchev–Trinajstić information content (AvgIpc) is 2.84. The molecule has 0 heterocycles. The summed E-state index contributed by atoms with van der Waals surface area (Å²) in [6.45, 7) is 6.68. The predicted molar refractivity (Wildman–Crippen MR) is 139 cm³/mol. The van der Waals surface area contributed by atoms with Crippen LogP contribution in [-0.4, -0.2) is 29.8 Å². The third-order valence-electron chi connectivity index (χ3n) is 5.43. The quantitative estimate of drug-likeness (QED) is 0.245. The van der Waals surface area contributed by atoms with Crippen LogP contribution in [0.4, 0.5) is 5.69 Å². The van der Waals surface area contributed by atoms with E-state index in [2.05, 4.69) is 18.3 Å². The first kappa shape index (κ1) is 25.9. The Kier molecular flexibility index (Phi) is 9.41. The molecule has 6 heteroatoms. The van der Waals surface area contributed by atoms with Gasteiger partial charge < -0.3 is 24.6 Å². The molecule has 6 nitrogen and oxygen atoms in total. The van der Waals surface area contributed by atoms with Gasteiger partial charge in [0, 0.05) is 12.2 Å². The lowest BCUT2D eigenvalue weighted by Gasteiger charge is -2.21. The molecule has 0 bridgehead atoms. The molecule has 35 heavy (non-hydrogen) atoms. The van der Waals surface area contributed by atoms with E-state index in [9.17, 15) is 9.90 Å². The molecule has 3 aromatic rings. The molecular formula is C29H35NO5. The van der Waals surface area contributed by atoms with Crippen LogP contribution in [0.25, 0.3) is 0 Å². The van der Waals surface area contributed by atoms with Gasteiger partial charge in [0.15, 0.2) is 5.60 Å². The summed E-state index contributed by atoms with van der Waals surface area (Å²) in [5, 5.41) is 12.5. The van der Waals surface area contributed by atoms with Crippen LogP contribution in [0.15, 0.2) is 72.8 Å². The minimum absolute atomic E-state index is 0.527. The highest BCUT2D eigenvalue weighted by Gasteiger charge is 2.29. The number of para-hydroxylation sites is 1. The fourth-order valence-corrected chi connectivity index (χ4v) is 3.47. The lowest BCUT2D eigenvalue weighted by atomic mass is 10.1. The molecule has 0 saturated heterocycles. The molecule has 0 aliphatic carbocycles. The molecule has 0 fully saturated rings. The van der Waals surface area contributed by atoms with Crippen molar-refractivity contribution in [1.29, 1.82) is 0 Å². The highest BCUT2D eigenvalue weighted by atomic mass is 16.5. The van der Waals surface area contributed by atoms with E-state index in [0.29, 0.717) is 12.4 Å². The van der Waals surface area contributed by atoms with E-state index in [1.165, 1.54) is 13.8 Å². The number of carbonyl (C=O) groups is 1. The summed E-state index contributed by atoms with van der Waals surface area (Å²) in [6.07, 6.45) is 3.86. The van der Waals surface area contributed by atoms with Gasteiger partial charge in [-0.3, -0.25) is 0 Å². The predicted octanol–water partition coefficient (Wildman–Crippen LogP) is 6.94. The number of carboxylic acids is 1. The highest BCUT2D eigenvalue weighted by Crippen LogP contribution is 2.29. The van der Waals surface area contributed by atoms with Crippen LogP contribution in [0.5, 0.6) is 23.0 Å². The maximum atomic E-state index is 11.2. The van der Waals surface area contributed by atoms with Gasteiger partial charge in [-0.05, 0) is 93.3 Å². The van der Waals surface area contributed by atoms with Crippen LogP contribution in [0.2, 0.25) is 0 Å². The molecule has 0 unspecified atom stereocenters. The van der Waals surface area contributed by atoms with Gasteiger partial charge in [-0.15, -0.1) is 0 Å². The van der Waals surface area contributed by atoms with E-state index in [1.807, 2.05) is 54.6 Å². The second-order valence-electron chi connectivity index (χ2n) is 8.86. The average molecular weight is 478 g/mol. The van der Waals surface area contributed by atoms with Gasteiger partial charge in [-0.1, -0.05) is 31.5 Å². The van der Waals surface area contributed by atoms with Gasteiger partial charge in [0.05, 0.1) is 6.61 Å². The van der Waals surface area contributed by atoms with Crippen molar-refractivity contribution in [3.63, 3.8) is 0 Å². The Morgan fingerprint density at radius 2 is 1.63 bits per heavy atom. The second kappa shape index (κ2) is 12.7. The first-order chi connectivity index (χ1) is 16.9. The van der Waals surface area contributed by atoms with Gasteiger partial charge in [-0.2, -0.15) is 0 Å². The number of aryl methyl sites for hydroxylation is 1. The summed E-state index contributed by atoms with van der Waals surface area (Å²) in [5.41, 5.74) is 0.860. The number of unbranched alkanes of at least 4 members (excludes halogenated alkanes) is 1. The van der Waals surface area contributed by atoms with E-state index in [1.54, 1.807) is 12.1 Å². The van der Waals surface area contributed by atoms with Crippen molar-refractivity contribution >= 4 is 11.7 Å². The third-order valence-corrected chi connectivity index (χ3v) is 5.43. The summed E-state index contributed by atoms with van der Waals surface area (Å²) >= 11 is 0. The van der Waals surface area contributed by atoms with Crippen molar-refractivity contribution in [1.82, 2.24) is 0 Å². The van der Waals surface area contributed by atoms with Crippen LogP contribution in [0.3, 0.4) is 0 Å². The summed E-state index contributed by atoms with van der Waals surface area (Å²) in [5.74, 6) is 2.08. The monoisotopic (exact) mass is 477 g/mol. The van der Waals surface area contributed by atoms with Gasteiger partial charge in [-0.25, -0.2) is 4.79 Å². The first-order valence-corrected chi connectivity index (χ1v) is 12.1. The van der Waals surface area contributed by atoms with Crippen LogP contribution in [0, 0.1) is 0 Å². The maximum absolute atomic E-state index is 11.2. The van der Waals surface area contributed by atoms with Gasteiger partial charge in [0.25, 0.3) is 0 Å². The van der Waals surface area contributed by atoms with Crippen LogP contribution >= 0.6 is 0 Å². The van der Waals surface area contributed by atoms with Gasteiger partial charge in [0.2, 0.25) is 0 Å². The SMILES string of the molecule is CCCc1cc(Oc2ccccc2)ccc1OCCCCNc1ccc(OC(C)(C)C(=O)O)cc1. The summed E-state index contributed by atoms with van der Waals surface area (Å²) in [7, 11) is 0. The van der Waals surface area contributed by atoms with E-state index >= 15 is 0 Å². The summed E-state index contributed by atoms with van der Waals surface area (Å²) < 4.78 is 17.6. The maximum Gasteiger partial charge on any atom is 0.347 e. The molecule has 3 aromatic carbocycles. The van der Waals surface area contributed by atoms with Crippen molar-refractivity contribution in [2.75, 3.05) is 18.5 Å². The Labute approximate surface area is 207 Å². The lowest BCUT2D eigenvalue weighted by Crippen LogP contribution is -2.37. The highest BCUT2D eigenvalue weighted by molar-refractivity contribution is 5.76. The molecule has 186 valence electrons. The fraction of sp³-hybridized carbons (Fsp3) is 0.345. The van der Waals surface area contributed by atoms with E-state index in [0.717, 1.165) is 60.7 Å². The van der Waals surface area contributed by atoms with Crippen molar-refractivity contribution in [3.05, 3.63) is 78.4 Å². The Morgan fingerprint density at radius 3 is 2.31 bits per heavy atom. The molecule has 0 aromatic heterocycles. The minimum Gasteiger partial charge on any atom is -0.493 e. The molecule has 0 radical (unpaired) electrons. The zero-order valence-electron chi connectivity index (χ0n) is 20.8. The molecule has 0 saturated carbocycles. The smallest absolute Gasteiger partial charge is 0.347 e. The topological polar surface area (TPSA) is 77.0 Å². The van der Waals surface area contributed by atoms with E-state index in [4.69, 9.17) is 14.2 Å². The number of ether oxygens (including phenoxy) is 3. The van der Waals surface area contributed by atoms with Crippen molar-refractivity contribution in [2.45, 2.75) is 52.1 Å². The Balaban J connectivity index is 1.41. The fourth-order valence-electron chi connectivity index (χ4n) is 3.47. The normalized spacial score (nSPS) is 11.1. The Morgan fingerprint density at radius 1 is 0.914 bits per heavy atom. The third kappa shape index (κ3) is 8.25. The number of carboxylic acid groups (broad SMARTS) is 1. The lowest BCUT2D eigenvalue weighted by molar-refractivity contribution is -0.152. The van der Waals surface area contributed by atoms with E-state index < -0.39 is 11.6 Å². The van der Waals surface area contributed by atoms with Crippen molar-refractivity contribution < 1.29 is 24.1 Å². The molecule has 2 N–H and O–H groups in total. The number of hydrogen-bond donors (Lipinski definition) is 2. The van der Waals surface area contributed by atoms with E-state index in [-0.39, 0.29) is 0 Å². The number of anilines is 1. The number of benzene rings is 3. The zero-order chi connectivity index (χ0) is 25.1. The zero-order valence-corrected chi connectivity index (χ0v) is 20.8. The van der Waals surface area contributed by atoms with Crippen LogP contribution in [0.1, 0.15) is 45.6 Å². The van der Waals surface area contributed by atoms with Crippen molar-refractivity contribution in [3.8, 4) is 23.0 Å². The molecular weight excluding hydrogens is 442 g/mol. The van der Waals surface area contributed by atoms with Crippen LogP contribution in [-0.2, 0) is 11.2 Å². The number of nitrogens with one attached hydrogen (secondary N) is 1. The number of hydrogen-bond acceptors (Lipinski definition) is 5. The summed E-state index contributed by atoms with van der Waals surface area (Å²) in [6, 6.07) is 23.1. The second-order valence-corrected chi connectivity index (χ2v) is 8.86. The molecule has 0 aliphatic rings. The van der Waals surface area contributed by atoms with Gasteiger partial charge >= 0.3 is 5.97 Å². The molecule has 3 rings (SSSR count). The molecule has 0 aliphatic heterocycles. The van der Waals surface area contributed by atoms with Gasteiger partial charge in [0.1, 0.15) is 23.0 Å². The Hall–Kier alpha value is -3.67. The molecule has 0 amide bonds. The van der Waals surface area contributed by atoms with Crippen LogP contribution < -0.4 is 19.5 Å². The standard InChI is InChI=1S/C29H35NO5/c1-4-10-22-21-26(34-24-11-6-5-7-12-24)17-18-27(22)33-20-9-8-19-30-23-13-15-25(16-14-23)35-29(2,3)28(31)32/h5-7,11-18,21,30H,4,8-10,19-20H2,1-3H3,(H,31,32). The number of rotatable bonds is 14. The molecule has 0 spiro atoms. The Bertz CT molecular complexity index is 1060. The molecule has 0 atom stereocenters. The van der Waals surface area contributed by atoms with Crippen molar-refractivity contribution in [2.24, 2.45) is 0 Å².